The van der Waals surface area contributed by atoms with Crippen molar-refractivity contribution >= 4 is 17.8 Å². The lowest BCUT2D eigenvalue weighted by molar-refractivity contribution is 0.0853. The van der Waals surface area contributed by atoms with E-state index in [9.17, 15) is 9.59 Å². The van der Waals surface area contributed by atoms with E-state index in [0.717, 1.165) is 11.4 Å². The van der Waals surface area contributed by atoms with Crippen molar-refractivity contribution in [2.24, 2.45) is 0 Å². The first kappa shape index (κ1) is 17.1. The molecule has 1 N–H and O–H groups in total. The molecule has 2 aromatic rings. The molecule has 2 aromatic heterocycles. The van der Waals surface area contributed by atoms with Gasteiger partial charge in [-0.15, -0.1) is 5.10 Å². The Kier molecular flexibility index (Phi) is 4.82. The van der Waals surface area contributed by atoms with Crippen LogP contribution in [0.3, 0.4) is 0 Å². The van der Waals surface area contributed by atoms with Gasteiger partial charge < -0.3 is 15.0 Å². The zero-order chi connectivity index (χ0) is 18.0. The van der Waals surface area contributed by atoms with Crippen molar-refractivity contribution in [1.29, 1.82) is 0 Å². The van der Waals surface area contributed by atoms with Crippen LogP contribution in [0.25, 0.3) is 5.78 Å². The summed E-state index contributed by atoms with van der Waals surface area (Å²) in [5.41, 5.74) is 1.70. The number of amides is 2. The number of aromatic nitrogens is 4. The van der Waals surface area contributed by atoms with Crippen molar-refractivity contribution in [2.75, 3.05) is 19.7 Å². The number of carbonyl (C=O) groups excluding carboxylic acids is 2. The SMILES string of the molecule is CCOC(=O)N1CCC(NC(=O)c2nc3nc(C)cc(C)n3n2)CC1. The van der Waals surface area contributed by atoms with Crippen LogP contribution in [0.2, 0.25) is 0 Å². The summed E-state index contributed by atoms with van der Waals surface area (Å²) in [5.74, 6) is 0.200. The van der Waals surface area contributed by atoms with E-state index in [1.54, 1.807) is 16.3 Å². The molecule has 0 atom stereocenters. The first-order chi connectivity index (χ1) is 12.0. The summed E-state index contributed by atoms with van der Waals surface area (Å²) in [6, 6.07) is 1.87. The molecule has 2 amide bonds. The fourth-order valence-corrected chi connectivity index (χ4v) is 2.93. The summed E-state index contributed by atoms with van der Waals surface area (Å²) in [4.78, 5) is 34.3. The zero-order valence-corrected chi connectivity index (χ0v) is 14.7. The molecule has 1 fully saturated rings. The first-order valence-corrected chi connectivity index (χ1v) is 8.41. The van der Waals surface area contributed by atoms with Crippen LogP contribution < -0.4 is 5.32 Å². The average Bonchev–Trinajstić information content (AvgIpc) is 3.00. The zero-order valence-electron chi connectivity index (χ0n) is 14.7. The Bertz CT molecular complexity index is 795. The molecule has 0 unspecified atom stereocenters. The van der Waals surface area contributed by atoms with Crippen LogP contribution in [0.1, 0.15) is 41.8 Å². The maximum absolute atomic E-state index is 12.4. The molecule has 3 rings (SSSR count). The van der Waals surface area contributed by atoms with E-state index in [1.807, 2.05) is 19.9 Å². The third kappa shape index (κ3) is 3.70. The molecule has 0 saturated carbocycles. The Morgan fingerprint density at radius 1 is 1.28 bits per heavy atom. The smallest absolute Gasteiger partial charge is 0.409 e. The quantitative estimate of drug-likeness (QED) is 0.893. The molecule has 0 aromatic carbocycles. The lowest BCUT2D eigenvalue weighted by Crippen LogP contribution is -2.46. The van der Waals surface area contributed by atoms with E-state index in [4.69, 9.17) is 4.74 Å². The Morgan fingerprint density at radius 3 is 2.68 bits per heavy atom. The molecule has 1 aliphatic heterocycles. The van der Waals surface area contributed by atoms with Gasteiger partial charge in [-0.05, 0) is 39.7 Å². The number of nitrogens with one attached hydrogen (secondary N) is 1. The van der Waals surface area contributed by atoms with Crippen molar-refractivity contribution in [3.8, 4) is 0 Å². The Hall–Kier alpha value is -2.71. The second-order valence-electron chi connectivity index (χ2n) is 6.12. The minimum absolute atomic E-state index is 0.0134. The topological polar surface area (TPSA) is 102 Å². The van der Waals surface area contributed by atoms with Gasteiger partial charge in [0.25, 0.3) is 11.7 Å². The standard InChI is InChI=1S/C16H22N6O3/c1-4-25-16(24)21-7-5-12(6-8-21)18-14(23)13-19-15-17-10(2)9-11(3)22(15)20-13/h9,12H,4-8H2,1-3H3,(H,18,23). The molecular weight excluding hydrogens is 324 g/mol. The molecule has 1 saturated heterocycles. The van der Waals surface area contributed by atoms with Gasteiger partial charge in [-0.25, -0.2) is 14.3 Å². The lowest BCUT2D eigenvalue weighted by atomic mass is 10.1. The minimum atomic E-state index is -0.322. The van der Waals surface area contributed by atoms with Gasteiger partial charge in [0, 0.05) is 30.5 Å². The number of hydrogen-bond donors (Lipinski definition) is 1. The number of nitrogens with zero attached hydrogens (tertiary/aromatic N) is 5. The van der Waals surface area contributed by atoms with Gasteiger partial charge in [0.05, 0.1) is 6.61 Å². The largest absolute Gasteiger partial charge is 0.450 e. The van der Waals surface area contributed by atoms with Gasteiger partial charge in [0.2, 0.25) is 5.82 Å². The molecule has 9 heteroatoms. The first-order valence-electron chi connectivity index (χ1n) is 8.41. The fraction of sp³-hybridized carbons (Fsp3) is 0.562. The molecule has 1 aliphatic rings. The van der Waals surface area contributed by atoms with E-state index in [0.29, 0.717) is 38.3 Å². The number of aryl methyl sites for hydroxylation is 2. The number of hydrogen-bond acceptors (Lipinski definition) is 6. The maximum atomic E-state index is 12.4. The molecular formula is C16H22N6O3. The molecule has 3 heterocycles. The Balaban J connectivity index is 1.62. The van der Waals surface area contributed by atoms with E-state index >= 15 is 0 Å². The van der Waals surface area contributed by atoms with Crippen LogP contribution in [-0.2, 0) is 4.74 Å². The highest BCUT2D eigenvalue weighted by Crippen LogP contribution is 2.12. The van der Waals surface area contributed by atoms with Crippen LogP contribution in [-0.4, -0.2) is 62.2 Å². The van der Waals surface area contributed by atoms with Crippen LogP contribution in [0.5, 0.6) is 0 Å². The highest BCUT2D eigenvalue weighted by Gasteiger charge is 2.26. The van der Waals surface area contributed by atoms with Crippen LogP contribution in [0.15, 0.2) is 6.07 Å². The number of likely N-dealkylation sites (tertiary alicyclic amines) is 1. The van der Waals surface area contributed by atoms with Gasteiger partial charge in [0.1, 0.15) is 0 Å². The van der Waals surface area contributed by atoms with E-state index < -0.39 is 0 Å². The third-order valence-electron chi connectivity index (χ3n) is 4.18. The van der Waals surface area contributed by atoms with Gasteiger partial charge in [0.15, 0.2) is 0 Å². The van der Waals surface area contributed by atoms with Gasteiger partial charge >= 0.3 is 6.09 Å². The van der Waals surface area contributed by atoms with Crippen molar-refractivity contribution in [2.45, 2.75) is 39.7 Å². The summed E-state index contributed by atoms with van der Waals surface area (Å²) in [6.07, 6.45) is 1.05. The molecule has 0 spiro atoms. The fourth-order valence-electron chi connectivity index (χ4n) is 2.93. The Morgan fingerprint density at radius 2 is 2.00 bits per heavy atom. The number of carbonyl (C=O) groups is 2. The number of piperidine rings is 1. The van der Waals surface area contributed by atoms with Crippen LogP contribution >= 0.6 is 0 Å². The average molecular weight is 346 g/mol. The summed E-state index contributed by atoms with van der Waals surface area (Å²) in [7, 11) is 0. The second-order valence-corrected chi connectivity index (χ2v) is 6.12. The maximum Gasteiger partial charge on any atom is 0.409 e. The van der Waals surface area contributed by atoms with Gasteiger partial charge in [-0.3, -0.25) is 4.79 Å². The summed E-state index contributed by atoms with van der Waals surface area (Å²) in [5, 5.41) is 7.17. The summed E-state index contributed by atoms with van der Waals surface area (Å²) in [6.45, 7) is 7.03. The van der Waals surface area contributed by atoms with Crippen LogP contribution in [0, 0.1) is 13.8 Å². The van der Waals surface area contributed by atoms with Crippen molar-refractivity contribution < 1.29 is 14.3 Å². The molecule has 9 nitrogen and oxygen atoms in total. The molecule has 0 radical (unpaired) electrons. The Labute approximate surface area is 145 Å². The second kappa shape index (κ2) is 7.04. The van der Waals surface area contributed by atoms with Crippen molar-refractivity contribution in [1.82, 2.24) is 29.8 Å². The number of fused-ring (bicyclic) bond motifs is 1. The van der Waals surface area contributed by atoms with Crippen molar-refractivity contribution in [3.63, 3.8) is 0 Å². The highest BCUT2D eigenvalue weighted by molar-refractivity contribution is 5.91. The third-order valence-corrected chi connectivity index (χ3v) is 4.18. The molecule has 0 bridgehead atoms. The number of rotatable bonds is 3. The predicted molar refractivity (Wildman–Crippen MR) is 89.3 cm³/mol. The lowest BCUT2D eigenvalue weighted by Gasteiger charge is -2.31. The number of ether oxygens (including phenoxy) is 1. The highest BCUT2D eigenvalue weighted by atomic mass is 16.6. The summed E-state index contributed by atoms with van der Waals surface area (Å²) >= 11 is 0. The normalized spacial score (nSPS) is 15.4. The minimum Gasteiger partial charge on any atom is -0.450 e. The monoisotopic (exact) mass is 346 g/mol. The van der Waals surface area contributed by atoms with Gasteiger partial charge in [-0.2, -0.15) is 4.98 Å². The van der Waals surface area contributed by atoms with Crippen molar-refractivity contribution in [3.05, 3.63) is 23.3 Å². The van der Waals surface area contributed by atoms with Gasteiger partial charge in [-0.1, -0.05) is 0 Å². The summed E-state index contributed by atoms with van der Waals surface area (Å²) < 4.78 is 6.55. The van der Waals surface area contributed by atoms with E-state index in [2.05, 4.69) is 20.4 Å². The van der Waals surface area contributed by atoms with E-state index in [-0.39, 0.29) is 23.9 Å². The molecule has 25 heavy (non-hydrogen) atoms. The molecule has 0 aliphatic carbocycles. The van der Waals surface area contributed by atoms with Crippen LogP contribution in [0.4, 0.5) is 4.79 Å². The predicted octanol–water partition coefficient (Wildman–Crippen LogP) is 1.09. The van der Waals surface area contributed by atoms with E-state index in [1.165, 1.54) is 0 Å². The molecule has 134 valence electrons.